The first-order chi connectivity index (χ1) is 5.11. The molecule has 0 aliphatic heterocycles. The fraction of sp³-hybridized carbons (Fsp3) is 0. The number of phenolic OH excluding ortho intramolecular Hbond substituents is 1. The summed E-state index contributed by atoms with van der Waals surface area (Å²) in [5.74, 6) is -2.03. The van der Waals surface area contributed by atoms with Crippen LogP contribution in [0.2, 0.25) is 0 Å². The number of hydrogen-bond donors (Lipinski definition) is 3. The molecule has 4 heteroatoms. The normalized spacial score (nSPS) is 9.45. The predicted octanol–water partition coefficient (Wildman–Crippen LogP) is 0.596. The third-order valence-electron chi connectivity index (χ3n) is 1.12. The highest BCUT2D eigenvalue weighted by molar-refractivity contribution is 5.90. The predicted molar refractivity (Wildman–Crippen MR) is 35.6 cm³/mol. The van der Waals surface area contributed by atoms with Gasteiger partial charge in [0.15, 0.2) is 0 Å². The van der Waals surface area contributed by atoms with Gasteiger partial charge in [-0.3, -0.25) is 0 Å². The van der Waals surface area contributed by atoms with Crippen LogP contribution in [0.3, 0.4) is 0 Å². The first-order valence-corrected chi connectivity index (χ1v) is 2.79. The van der Waals surface area contributed by atoms with Gasteiger partial charge in [0.05, 0.1) is 0 Å². The van der Waals surface area contributed by atoms with Gasteiger partial charge in [0.1, 0.15) is 17.1 Å². The van der Waals surface area contributed by atoms with E-state index < -0.39 is 17.3 Å². The summed E-state index contributed by atoms with van der Waals surface area (Å²) in [4.78, 5) is 10.3. The van der Waals surface area contributed by atoms with Crippen molar-refractivity contribution >= 4 is 5.97 Å². The van der Waals surface area contributed by atoms with Crippen molar-refractivity contribution in [3.8, 4) is 11.5 Å². The van der Waals surface area contributed by atoms with Crippen molar-refractivity contribution in [2.75, 3.05) is 0 Å². The molecule has 0 saturated carbocycles. The van der Waals surface area contributed by atoms with E-state index in [1.807, 2.05) is 0 Å². The second kappa shape index (κ2) is 2.49. The molecule has 0 heterocycles. The Balaban J connectivity index is 3.23. The van der Waals surface area contributed by atoms with Crippen molar-refractivity contribution in [3.63, 3.8) is 0 Å². The molecule has 1 rings (SSSR count). The second-order valence-corrected chi connectivity index (χ2v) is 1.91. The minimum absolute atomic E-state index is 0.305. The molecule has 11 heavy (non-hydrogen) atoms. The Bertz CT molecular complexity index is 292. The summed E-state index contributed by atoms with van der Waals surface area (Å²) in [6.07, 6.45) is 0. The number of benzene rings is 1. The molecule has 1 aromatic carbocycles. The van der Waals surface area contributed by atoms with Crippen molar-refractivity contribution in [2.24, 2.45) is 0 Å². The maximum absolute atomic E-state index is 10.3. The number of hydrogen-bond acceptors (Lipinski definition) is 3. The van der Waals surface area contributed by atoms with Gasteiger partial charge in [0, 0.05) is 6.07 Å². The molecule has 0 saturated heterocycles. The van der Waals surface area contributed by atoms with Crippen LogP contribution in [-0.2, 0) is 0 Å². The first-order valence-electron chi connectivity index (χ1n) is 2.79. The molecule has 0 amide bonds. The van der Waals surface area contributed by atoms with Crippen molar-refractivity contribution < 1.29 is 20.1 Å². The van der Waals surface area contributed by atoms with E-state index in [1.165, 1.54) is 0 Å². The number of aromatic hydroxyl groups is 2. The molecule has 1 radical (unpaired) electrons. The number of carboxylic acid groups (broad SMARTS) is 1. The van der Waals surface area contributed by atoms with E-state index in [0.29, 0.717) is 0 Å². The Kier molecular flexibility index (Phi) is 1.68. The van der Waals surface area contributed by atoms with Crippen molar-refractivity contribution in [1.82, 2.24) is 0 Å². The van der Waals surface area contributed by atoms with Gasteiger partial charge in [-0.2, -0.15) is 0 Å². The maximum atomic E-state index is 10.3. The molecule has 1 aromatic rings. The van der Waals surface area contributed by atoms with Crippen LogP contribution in [0.1, 0.15) is 10.4 Å². The number of carbonyl (C=O) groups is 1. The molecule has 3 N–H and O–H groups in total. The lowest BCUT2D eigenvalue weighted by Gasteiger charge is -1.97. The minimum atomic E-state index is -1.32. The molecule has 0 aromatic heterocycles. The summed E-state index contributed by atoms with van der Waals surface area (Å²) in [5.41, 5.74) is -0.426. The topological polar surface area (TPSA) is 77.8 Å². The Morgan fingerprint density at radius 1 is 1.36 bits per heavy atom. The fourth-order valence-electron chi connectivity index (χ4n) is 0.638. The minimum Gasteiger partial charge on any atom is -0.507 e. The maximum Gasteiger partial charge on any atom is 0.340 e. The average molecular weight is 153 g/mol. The fourth-order valence-corrected chi connectivity index (χ4v) is 0.638. The smallest absolute Gasteiger partial charge is 0.340 e. The highest BCUT2D eigenvalue weighted by Crippen LogP contribution is 2.20. The van der Waals surface area contributed by atoms with Gasteiger partial charge in [0.25, 0.3) is 0 Å². The SMILES string of the molecule is O=C(O)c1[c]c(O)ccc1O. The van der Waals surface area contributed by atoms with Gasteiger partial charge in [0.2, 0.25) is 0 Å². The van der Waals surface area contributed by atoms with E-state index in [-0.39, 0.29) is 5.75 Å². The van der Waals surface area contributed by atoms with Gasteiger partial charge < -0.3 is 15.3 Å². The Morgan fingerprint density at radius 3 is 2.45 bits per heavy atom. The molecule has 57 valence electrons. The molecule has 0 fully saturated rings. The van der Waals surface area contributed by atoms with Crippen LogP contribution in [0.15, 0.2) is 12.1 Å². The molecule has 4 nitrogen and oxygen atoms in total. The summed E-state index contributed by atoms with van der Waals surface area (Å²) >= 11 is 0. The highest BCUT2D eigenvalue weighted by Gasteiger charge is 2.09. The van der Waals surface area contributed by atoms with Crippen LogP contribution >= 0.6 is 0 Å². The molecular weight excluding hydrogens is 148 g/mol. The van der Waals surface area contributed by atoms with Crippen LogP contribution in [0.5, 0.6) is 11.5 Å². The van der Waals surface area contributed by atoms with Crippen molar-refractivity contribution in [3.05, 3.63) is 23.8 Å². The number of phenols is 2. The van der Waals surface area contributed by atoms with Crippen LogP contribution in [0.25, 0.3) is 0 Å². The molecule has 0 aliphatic rings. The molecular formula is C7H5O4. The van der Waals surface area contributed by atoms with Crippen LogP contribution in [0, 0.1) is 6.07 Å². The van der Waals surface area contributed by atoms with Gasteiger partial charge >= 0.3 is 5.97 Å². The lowest BCUT2D eigenvalue weighted by atomic mass is 10.2. The Morgan fingerprint density at radius 2 is 2.00 bits per heavy atom. The van der Waals surface area contributed by atoms with Gasteiger partial charge in [-0.25, -0.2) is 4.79 Å². The number of carboxylic acids is 1. The number of rotatable bonds is 1. The van der Waals surface area contributed by atoms with Gasteiger partial charge in [-0.05, 0) is 12.1 Å². The molecule has 0 spiro atoms. The first kappa shape index (κ1) is 7.40. The van der Waals surface area contributed by atoms with Crippen LogP contribution in [-0.4, -0.2) is 21.3 Å². The molecule has 0 unspecified atom stereocenters. The summed E-state index contributed by atoms with van der Waals surface area (Å²) in [6, 6.07) is 4.33. The molecule has 0 atom stereocenters. The third kappa shape index (κ3) is 1.40. The van der Waals surface area contributed by atoms with E-state index in [4.69, 9.17) is 15.3 Å². The summed E-state index contributed by atoms with van der Waals surface area (Å²) in [5, 5.41) is 26.0. The van der Waals surface area contributed by atoms with Crippen LogP contribution < -0.4 is 0 Å². The lowest BCUT2D eigenvalue weighted by Crippen LogP contribution is -1.96. The molecule has 0 aliphatic carbocycles. The zero-order valence-corrected chi connectivity index (χ0v) is 5.40. The molecule has 0 bridgehead atoms. The van der Waals surface area contributed by atoms with Crippen LogP contribution in [0.4, 0.5) is 0 Å². The zero-order chi connectivity index (χ0) is 8.43. The van der Waals surface area contributed by atoms with E-state index in [1.54, 1.807) is 0 Å². The van der Waals surface area contributed by atoms with E-state index in [0.717, 1.165) is 12.1 Å². The summed E-state index contributed by atoms with van der Waals surface area (Å²) < 4.78 is 0. The van der Waals surface area contributed by atoms with E-state index in [2.05, 4.69) is 6.07 Å². The van der Waals surface area contributed by atoms with Crippen molar-refractivity contribution in [1.29, 1.82) is 0 Å². The summed E-state index contributed by atoms with van der Waals surface area (Å²) in [6.45, 7) is 0. The Labute approximate surface area is 62.3 Å². The lowest BCUT2D eigenvalue weighted by molar-refractivity contribution is 0.0693. The van der Waals surface area contributed by atoms with Gasteiger partial charge in [-0.15, -0.1) is 0 Å². The third-order valence-corrected chi connectivity index (χ3v) is 1.12. The van der Waals surface area contributed by atoms with Crippen molar-refractivity contribution in [2.45, 2.75) is 0 Å². The van der Waals surface area contributed by atoms with E-state index >= 15 is 0 Å². The highest BCUT2D eigenvalue weighted by atomic mass is 16.4. The van der Waals surface area contributed by atoms with Gasteiger partial charge in [-0.1, -0.05) is 0 Å². The average Bonchev–Trinajstić information content (AvgIpc) is 1.94. The monoisotopic (exact) mass is 153 g/mol. The summed E-state index contributed by atoms with van der Waals surface area (Å²) in [7, 11) is 0. The number of aromatic carboxylic acids is 1. The zero-order valence-electron chi connectivity index (χ0n) is 5.40. The largest absolute Gasteiger partial charge is 0.507 e. The standard InChI is InChI=1S/C7H5O4/c8-4-1-2-6(9)5(3-4)7(10)11/h1-2,8-9H,(H,10,11). The second-order valence-electron chi connectivity index (χ2n) is 1.91. The quantitative estimate of drug-likeness (QED) is 0.516. The van der Waals surface area contributed by atoms with E-state index in [9.17, 15) is 4.79 Å². The Hall–Kier alpha value is -1.71.